The van der Waals surface area contributed by atoms with Crippen molar-refractivity contribution in [1.29, 1.82) is 0 Å². The average molecular weight is 447 g/mol. The molecule has 0 aliphatic carbocycles. The number of para-hydroxylation sites is 1. The van der Waals surface area contributed by atoms with Gasteiger partial charge in [0.15, 0.2) is 6.61 Å². The van der Waals surface area contributed by atoms with Gasteiger partial charge in [-0.1, -0.05) is 25.1 Å². The molecular weight excluding hydrogens is 420 g/mol. The van der Waals surface area contributed by atoms with Gasteiger partial charge in [0.05, 0.1) is 17.7 Å². The highest BCUT2D eigenvalue weighted by Crippen LogP contribution is 2.34. The van der Waals surface area contributed by atoms with E-state index >= 15 is 0 Å². The first-order valence-electron chi connectivity index (χ1n) is 10.0. The minimum absolute atomic E-state index is 0.0439. The lowest BCUT2D eigenvalue weighted by Gasteiger charge is -2.20. The van der Waals surface area contributed by atoms with Gasteiger partial charge < -0.3 is 14.8 Å². The summed E-state index contributed by atoms with van der Waals surface area (Å²) in [7, 11) is -2.53. The number of sulfonamides is 1. The molecule has 1 aliphatic heterocycles. The summed E-state index contributed by atoms with van der Waals surface area (Å²) in [5.74, 6) is -1.11. The minimum atomic E-state index is -3.89. The molecule has 1 atom stereocenters. The maximum absolute atomic E-state index is 13.3. The van der Waals surface area contributed by atoms with Crippen molar-refractivity contribution in [1.82, 2.24) is 5.32 Å². The number of fused-ring (bicyclic) bond motifs is 1. The first-order chi connectivity index (χ1) is 14.8. The second kappa shape index (κ2) is 9.38. The first-order valence-corrected chi connectivity index (χ1v) is 11.5. The van der Waals surface area contributed by atoms with E-state index in [0.29, 0.717) is 18.7 Å². The van der Waals surface area contributed by atoms with Crippen LogP contribution < -0.4 is 14.4 Å². The molecule has 0 spiro atoms. The number of methoxy groups -OCH3 is 1. The molecule has 1 amide bonds. The van der Waals surface area contributed by atoms with Gasteiger partial charge in [-0.15, -0.1) is 0 Å². The molecule has 0 saturated heterocycles. The molecule has 2 aromatic rings. The number of nitrogens with zero attached hydrogens (tertiary/aromatic N) is 1. The zero-order valence-electron chi connectivity index (χ0n) is 17.8. The molecule has 0 fully saturated rings. The predicted molar refractivity (Wildman–Crippen MR) is 116 cm³/mol. The molecule has 31 heavy (non-hydrogen) atoms. The molecule has 1 N–H and O–H groups in total. The number of hydrogen-bond donors (Lipinski definition) is 1. The number of anilines is 1. The Hall–Kier alpha value is -3.07. The van der Waals surface area contributed by atoms with Gasteiger partial charge in [0.1, 0.15) is 11.3 Å². The lowest BCUT2D eigenvalue weighted by atomic mass is 10.2. The zero-order valence-corrected chi connectivity index (χ0v) is 18.6. The van der Waals surface area contributed by atoms with Gasteiger partial charge in [-0.25, -0.2) is 13.2 Å². The third-order valence-corrected chi connectivity index (χ3v) is 6.99. The Morgan fingerprint density at radius 2 is 1.94 bits per heavy atom. The SMILES string of the molecule is CC[C@@H](C)NC(=O)COC(=O)c1cc(S(=O)(=O)N2CCc3ccccc32)ccc1OC. The maximum atomic E-state index is 13.3. The van der Waals surface area contributed by atoms with Crippen LogP contribution in [0.3, 0.4) is 0 Å². The largest absolute Gasteiger partial charge is 0.496 e. The van der Waals surface area contributed by atoms with Crippen molar-refractivity contribution in [3.8, 4) is 5.75 Å². The predicted octanol–water partition coefficient (Wildman–Crippen LogP) is 2.52. The number of amides is 1. The summed E-state index contributed by atoms with van der Waals surface area (Å²) in [5.41, 5.74) is 1.52. The smallest absolute Gasteiger partial charge is 0.342 e. The second-order valence-electron chi connectivity index (χ2n) is 7.27. The number of carbonyl (C=O) groups is 2. The van der Waals surface area contributed by atoms with E-state index in [1.54, 1.807) is 12.1 Å². The number of nitrogens with one attached hydrogen (secondary N) is 1. The van der Waals surface area contributed by atoms with Gasteiger partial charge in [0.2, 0.25) is 0 Å². The molecule has 166 valence electrons. The van der Waals surface area contributed by atoms with Crippen molar-refractivity contribution in [3.05, 3.63) is 53.6 Å². The van der Waals surface area contributed by atoms with Crippen LogP contribution in [0.2, 0.25) is 0 Å². The zero-order chi connectivity index (χ0) is 22.6. The number of ether oxygens (including phenoxy) is 2. The summed E-state index contributed by atoms with van der Waals surface area (Å²) < 4.78 is 38.1. The molecule has 0 saturated carbocycles. The lowest BCUT2D eigenvalue weighted by molar-refractivity contribution is -0.124. The molecule has 1 aliphatic rings. The average Bonchev–Trinajstić information content (AvgIpc) is 3.22. The minimum Gasteiger partial charge on any atom is -0.496 e. The van der Waals surface area contributed by atoms with Crippen molar-refractivity contribution in [3.63, 3.8) is 0 Å². The van der Waals surface area contributed by atoms with E-state index in [0.717, 1.165) is 12.0 Å². The summed E-state index contributed by atoms with van der Waals surface area (Å²) in [5, 5.41) is 2.70. The van der Waals surface area contributed by atoms with Gasteiger partial charge in [-0.2, -0.15) is 0 Å². The fraction of sp³-hybridized carbons (Fsp3) is 0.364. The van der Waals surface area contributed by atoms with Crippen LogP contribution in [0.1, 0.15) is 36.2 Å². The maximum Gasteiger partial charge on any atom is 0.342 e. The first kappa shape index (κ1) is 22.6. The van der Waals surface area contributed by atoms with Gasteiger partial charge >= 0.3 is 5.97 Å². The molecule has 3 rings (SSSR count). The number of esters is 1. The molecule has 9 heteroatoms. The Balaban J connectivity index is 1.84. The highest BCUT2D eigenvalue weighted by molar-refractivity contribution is 7.92. The second-order valence-corrected chi connectivity index (χ2v) is 9.13. The molecule has 8 nitrogen and oxygen atoms in total. The topological polar surface area (TPSA) is 102 Å². The van der Waals surface area contributed by atoms with Crippen LogP contribution >= 0.6 is 0 Å². The molecule has 0 bridgehead atoms. The Morgan fingerprint density at radius 3 is 2.65 bits per heavy atom. The van der Waals surface area contributed by atoms with Crippen LogP contribution in [0.4, 0.5) is 5.69 Å². The van der Waals surface area contributed by atoms with Crippen molar-refractivity contribution in [2.75, 3.05) is 24.6 Å². The third-order valence-electron chi connectivity index (χ3n) is 5.18. The third kappa shape index (κ3) is 4.82. The van der Waals surface area contributed by atoms with Crippen LogP contribution in [-0.4, -0.2) is 46.6 Å². The fourth-order valence-electron chi connectivity index (χ4n) is 3.32. The van der Waals surface area contributed by atoms with Crippen LogP contribution in [-0.2, 0) is 26.0 Å². The number of carbonyl (C=O) groups excluding carboxylic acids is 2. The highest BCUT2D eigenvalue weighted by atomic mass is 32.2. The number of hydrogen-bond acceptors (Lipinski definition) is 6. The molecule has 0 aromatic heterocycles. The summed E-state index contributed by atoms with van der Waals surface area (Å²) in [6.45, 7) is 3.62. The van der Waals surface area contributed by atoms with Crippen LogP contribution in [0.15, 0.2) is 47.4 Å². The highest BCUT2D eigenvalue weighted by Gasteiger charge is 2.31. The Labute approximate surface area is 182 Å². The molecule has 2 aromatic carbocycles. The number of rotatable bonds is 8. The van der Waals surface area contributed by atoms with Crippen molar-refractivity contribution in [2.45, 2.75) is 37.6 Å². The lowest BCUT2D eigenvalue weighted by Crippen LogP contribution is -2.35. The van der Waals surface area contributed by atoms with E-state index in [1.165, 1.54) is 29.6 Å². The Bertz CT molecular complexity index is 1080. The van der Waals surface area contributed by atoms with Gasteiger partial charge in [-0.3, -0.25) is 9.10 Å². The van der Waals surface area contributed by atoms with Gasteiger partial charge in [0, 0.05) is 12.6 Å². The molecular formula is C22H26N2O6S. The monoisotopic (exact) mass is 446 g/mol. The summed E-state index contributed by atoms with van der Waals surface area (Å²) >= 11 is 0. The fourth-order valence-corrected chi connectivity index (χ4v) is 4.85. The molecule has 0 unspecified atom stereocenters. The van der Waals surface area contributed by atoms with Gasteiger partial charge in [0.25, 0.3) is 15.9 Å². The van der Waals surface area contributed by atoms with Crippen LogP contribution in [0, 0.1) is 0 Å². The van der Waals surface area contributed by atoms with Crippen LogP contribution in [0.5, 0.6) is 5.75 Å². The van der Waals surface area contributed by atoms with E-state index in [4.69, 9.17) is 9.47 Å². The molecule has 1 heterocycles. The summed E-state index contributed by atoms with van der Waals surface area (Å²) in [6.07, 6.45) is 1.36. The summed E-state index contributed by atoms with van der Waals surface area (Å²) in [6, 6.07) is 11.3. The Kier molecular flexibility index (Phi) is 6.84. The van der Waals surface area contributed by atoms with E-state index in [9.17, 15) is 18.0 Å². The van der Waals surface area contributed by atoms with E-state index in [2.05, 4.69) is 5.32 Å². The Morgan fingerprint density at radius 1 is 1.19 bits per heavy atom. The quantitative estimate of drug-likeness (QED) is 0.625. The van der Waals surface area contributed by atoms with E-state index < -0.39 is 28.5 Å². The summed E-state index contributed by atoms with van der Waals surface area (Å²) in [4.78, 5) is 24.4. The van der Waals surface area contributed by atoms with Gasteiger partial charge in [-0.05, 0) is 49.6 Å². The van der Waals surface area contributed by atoms with Crippen molar-refractivity contribution in [2.24, 2.45) is 0 Å². The van der Waals surface area contributed by atoms with Crippen molar-refractivity contribution >= 4 is 27.6 Å². The number of benzene rings is 2. The van der Waals surface area contributed by atoms with E-state index in [-0.39, 0.29) is 22.3 Å². The molecule has 0 radical (unpaired) electrons. The van der Waals surface area contributed by atoms with Crippen LogP contribution in [0.25, 0.3) is 0 Å². The normalized spacial score (nSPS) is 14.0. The standard InChI is InChI=1S/C22H26N2O6S/c1-4-15(2)23-21(25)14-30-22(26)18-13-17(9-10-20(18)29-3)31(27,28)24-12-11-16-7-5-6-8-19(16)24/h5-10,13,15H,4,11-12,14H2,1-3H3,(H,23,25)/t15-/m1/s1. The van der Waals surface area contributed by atoms with Crippen molar-refractivity contribution < 1.29 is 27.5 Å². The van der Waals surface area contributed by atoms with E-state index in [1.807, 2.05) is 26.0 Å².